The molecule has 1 saturated heterocycles. The first-order chi connectivity index (χ1) is 11.6. The minimum atomic E-state index is -1.03. The fourth-order valence-corrected chi connectivity index (χ4v) is 2.74. The molecule has 6 nitrogen and oxygen atoms in total. The number of carbonyl (C=O) groups is 1. The van der Waals surface area contributed by atoms with Crippen molar-refractivity contribution in [1.82, 2.24) is 9.97 Å². The minimum absolute atomic E-state index is 0.0305. The number of piperidine rings is 1. The third-order valence-electron chi connectivity index (χ3n) is 3.93. The van der Waals surface area contributed by atoms with E-state index in [1.807, 2.05) is 4.90 Å². The van der Waals surface area contributed by atoms with E-state index in [0.29, 0.717) is 5.69 Å². The number of amides is 1. The normalized spacial score (nSPS) is 14.5. The standard InChI is InChI=1S/C16H17F2N5O/c17-10-8-12(22-16(24)14-15(19)21-5-4-20-14)13(9-11(10)18)23-6-2-1-3-7-23/h4-5,8-9H,1-3,6-7H2,(H2,19,21)(H,22,24). The maximum Gasteiger partial charge on any atom is 0.278 e. The van der Waals surface area contributed by atoms with Crippen molar-refractivity contribution in [2.75, 3.05) is 29.0 Å². The molecule has 2 heterocycles. The Kier molecular flexibility index (Phi) is 4.54. The number of hydrogen-bond donors (Lipinski definition) is 2. The number of halogens is 2. The average molecular weight is 333 g/mol. The lowest BCUT2D eigenvalue weighted by Crippen LogP contribution is -2.31. The molecule has 1 fully saturated rings. The van der Waals surface area contributed by atoms with Crippen LogP contribution in [0.2, 0.25) is 0 Å². The first kappa shape index (κ1) is 16.1. The molecule has 2 aromatic rings. The van der Waals surface area contributed by atoms with E-state index in [1.54, 1.807) is 0 Å². The lowest BCUT2D eigenvalue weighted by molar-refractivity contribution is 0.102. The number of anilines is 3. The molecule has 1 aliphatic rings. The van der Waals surface area contributed by atoms with Crippen molar-refractivity contribution in [2.24, 2.45) is 0 Å². The third kappa shape index (κ3) is 3.27. The molecule has 0 saturated carbocycles. The first-order valence-electron chi connectivity index (χ1n) is 7.68. The summed E-state index contributed by atoms with van der Waals surface area (Å²) in [5.74, 6) is -2.63. The highest BCUT2D eigenvalue weighted by atomic mass is 19.2. The van der Waals surface area contributed by atoms with E-state index in [2.05, 4.69) is 15.3 Å². The fraction of sp³-hybridized carbons (Fsp3) is 0.312. The number of hydrogen-bond acceptors (Lipinski definition) is 5. The molecule has 126 valence electrons. The van der Waals surface area contributed by atoms with E-state index < -0.39 is 17.5 Å². The van der Waals surface area contributed by atoms with Gasteiger partial charge in [-0.25, -0.2) is 18.7 Å². The topological polar surface area (TPSA) is 84.1 Å². The number of aromatic nitrogens is 2. The van der Waals surface area contributed by atoms with Crippen LogP contribution in [-0.2, 0) is 0 Å². The van der Waals surface area contributed by atoms with Crippen LogP contribution in [0.5, 0.6) is 0 Å². The van der Waals surface area contributed by atoms with Gasteiger partial charge in [0.2, 0.25) is 0 Å². The van der Waals surface area contributed by atoms with Crippen LogP contribution in [0.25, 0.3) is 0 Å². The van der Waals surface area contributed by atoms with E-state index in [4.69, 9.17) is 5.73 Å². The van der Waals surface area contributed by atoms with Gasteiger partial charge in [0.05, 0.1) is 11.4 Å². The van der Waals surface area contributed by atoms with Crippen LogP contribution in [0.3, 0.4) is 0 Å². The van der Waals surface area contributed by atoms with Crippen LogP contribution < -0.4 is 16.0 Å². The minimum Gasteiger partial charge on any atom is -0.382 e. The summed E-state index contributed by atoms with van der Waals surface area (Å²) in [7, 11) is 0. The second-order valence-electron chi connectivity index (χ2n) is 5.58. The summed E-state index contributed by atoms with van der Waals surface area (Å²) < 4.78 is 27.3. The number of rotatable bonds is 3. The number of nitrogen functional groups attached to an aromatic ring is 1. The predicted octanol–water partition coefficient (Wildman–Crippen LogP) is 2.58. The van der Waals surface area contributed by atoms with Gasteiger partial charge in [-0.05, 0) is 19.3 Å². The number of nitrogens with two attached hydrogens (primary N) is 1. The van der Waals surface area contributed by atoms with E-state index in [-0.39, 0.29) is 17.2 Å². The number of nitrogens with one attached hydrogen (secondary N) is 1. The van der Waals surface area contributed by atoms with Gasteiger partial charge in [-0.15, -0.1) is 0 Å². The SMILES string of the molecule is Nc1nccnc1C(=O)Nc1cc(F)c(F)cc1N1CCCCC1. The van der Waals surface area contributed by atoms with Crippen molar-refractivity contribution >= 4 is 23.1 Å². The lowest BCUT2D eigenvalue weighted by Gasteiger charge is -2.30. The van der Waals surface area contributed by atoms with Gasteiger partial charge >= 0.3 is 0 Å². The highest BCUT2D eigenvalue weighted by Gasteiger charge is 2.21. The second kappa shape index (κ2) is 6.77. The Balaban J connectivity index is 1.93. The zero-order chi connectivity index (χ0) is 17.1. The van der Waals surface area contributed by atoms with E-state index in [0.717, 1.165) is 44.5 Å². The Labute approximate surface area is 137 Å². The highest BCUT2D eigenvalue weighted by Crippen LogP contribution is 2.31. The zero-order valence-electron chi connectivity index (χ0n) is 12.9. The van der Waals surface area contributed by atoms with Gasteiger partial charge in [0.15, 0.2) is 23.1 Å². The summed E-state index contributed by atoms with van der Waals surface area (Å²) in [5, 5.41) is 2.56. The van der Waals surface area contributed by atoms with Crippen LogP contribution in [0.15, 0.2) is 24.5 Å². The number of carbonyl (C=O) groups excluding carboxylic acids is 1. The van der Waals surface area contributed by atoms with Gasteiger partial charge in [0.25, 0.3) is 5.91 Å². The lowest BCUT2D eigenvalue weighted by atomic mass is 10.1. The Morgan fingerprint density at radius 2 is 1.75 bits per heavy atom. The molecule has 0 bridgehead atoms. The van der Waals surface area contributed by atoms with Gasteiger partial charge in [0, 0.05) is 37.6 Å². The quantitative estimate of drug-likeness (QED) is 0.902. The van der Waals surface area contributed by atoms with Crippen LogP contribution in [0, 0.1) is 11.6 Å². The maximum absolute atomic E-state index is 13.7. The van der Waals surface area contributed by atoms with Crippen LogP contribution in [-0.4, -0.2) is 29.0 Å². The molecule has 24 heavy (non-hydrogen) atoms. The van der Waals surface area contributed by atoms with Gasteiger partial charge in [-0.2, -0.15) is 0 Å². The molecule has 1 amide bonds. The molecule has 0 unspecified atom stereocenters. The van der Waals surface area contributed by atoms with Gasteiger partial charge < -0.3 is 16.0 Å². The van der Waals surface area contributed by atoms with Gasteiger partial charge in [0.1, 0.15) is 0 Å². The van der Waals surface area contributed by atoms with Crippen molar-refractivity contribution in [3.63, 3.8) is 0 Å². The van der Waals surface area contributed by atoms with Crippen molar-refractivity contribution in [3.05, 3.63) is 41.9 Å². The zero-order valence-corrected chi connectivity index (χ0v) is 12.9. The summed E-state index contributed by atoms with van der Waals surface area (Å²) in [5.41, 5.74) is 6.20. The van der Waals surface area contributed by atoms with Crippen LogP contribution >= 0.6 is 0 Å². The van der Waals surface area contributed by atoms with E-state index >= 15 is 0 Å². The van der Waals surface area contributed by atoms with Crippen molar-refractivity contribution < 1.29 is 13.6 Å². The summed E-state index contributed by atoms with van der Waals surface area (Å²) in [6.45, 7) is 1.45. The molecule has 1 aromatic heterocycles. The molecule has 0 aliphatic carbocycles. The second-order valence-corrected chi connectivity index (χ2v) is 5.58. The van der Waals surface area contributed by atoms with Crippen LogP contribution in [0.1, 0.15) is 29.8 Å². The Morgan fingerprint density at radius 1 is 1.08 bits per heavy atom. The highest BCUT2D eigenvalue weighted by molar-refractivity contribution is 6.07. The van der Waals surface area contributed by atoms with Crippen molar-refractivity contribution in [3.8, 4) is 0 Å². The third-order valence-corrected chi connectivity index (χ3v) is 3.93. The van der Waals surface area contributed by atoms with E-state index in [1.165, 1.54) is 12.4 Å². The molecule has 1 aromatic carbocycles. The first-order valence-corrected chi connectivity index (χ1v) is 7.68. The van der Waals surface area contributed by atoms with Gasteiger partial charge in [-0.3, -0.25) is 4.79 Å². The van der Waals surface area contributed by atoms with Crippen LogP contribution in [0.4, 0.5) is 26.0 Å². The molecule has 0 spiro atoms. The summed E-state index contributed by atoms with van der Waals surface area (Å²) in [4.78, 5) is 21.9. The summed E-state index contributed by atoms with van der Waals surface area (Å²) in [6, 6.07) is 2.08. The van der Waals surface area contributed by atoms with Crippen molar-refractivity contribution in [2.45, 2.75) is 19.3 Å². The fourth-order valence-electron chi connectivity index (χ4n) is 2.74. The molecule has 1 aliphatic heterocycles. The van der Waals surface area contributed by atoms with Crippen molar-refractivity contribution in [1.29, 1.82) is 0 Å². The Bertz CT molecular complexity index is 762. The molecule has 0 atom stereocenters. The Hall–Kier alpha value is -2.77. The molecular weight excluding hydrogens is 316 g/mol. The summed E-state index contributed by atoms with van der Waals surface area (Å²) >= 11 is 0. The largest absolute Gasteiger partial charge is 0.382 e. The molecule has 3 rings (SSSR count). The number of benzene rings is 1. The molecule has 0 radical (unpaired) electrons. The maximum atomic E-state index is 13.7. The smallest absolute Gasteiger partial charge is 0.278 e. The average Bonchev–Trinajstić information content (AvgIpc) is 2.59. The predicted molar refractivity (Wildman–Crippen MR) is 86.8 cm³/mol. The summed E-state index contributed by atoms with van der Waals surface area (Å²) in [6.07, 6.45) is 5.72. The van der Waals surface area contributed by atoms with Gasteiger partial charge in [-0.1, -0.05) is 0 Å². The molecule has 3 N–H and O–H groups in total. The van der Waals surface area contributed by atoms with E-state index in [9.17, 15) is 13.6 Å². The monoisotopic (exact) mass is 333 g/mol. The molecular formula is C16H17F2N5O. The molecule has 8 heteroatoms. The Morgan fingerprint density at radius 3 is 2.46 bits per heavy atom. The number of nitrogens with zero attached hydrogens (tertiary/aromatic N) is 3.